The van der Waals surface area contributed by atoms with Crippen LogP contribution in [0.15, 0.2) is 29.4 Å². The van der Waals surface area contributed by atoms with Crippen LogP contribution in [0.25, 0.3) is 0 Å². The zero-order valence-electron chi connectivity index (χ0n) is 15.8. The summed E-state index contributed by atoms with van der Waals surface area (Å²) in [7, 11) is 0. The van der Waals surface area contributed by atoms with E-state index in [1.54, 1.807) is 19.9 Å². The average Bonchev–Trinajstić information content (AvgIpc) is 2.64. The average molecular weight is 446 g/mol. The maximum atomic E-state index is 12.6. The standard InChI is InChI=1S/C19H19ClF3N3O2S/c1-3-17(28)26-16-8-12(7-11(2)25-16)15(27)5-4-6-29-18-14(20)9-13(10-24-18)19(21,22)23/h7-10H,3-6H2,1-2H3,(H,25,26,28). The number of hydrogen-bond acceptors (Lipinski definition) is 5. The number of hydrogen-bond donors (Lipinski definition) is 1. The van der Waals surface area contributed by atoms with E-state index in [0.29, 0.717) is 35.7 Å². The van der Waals surface area contributed by atoms with Crippen molar-refractivity contribution in [2.75, 3.05) is 11.1 Å². The Labute approximate surface area is 175 Å². The van der Waals surface area contributed by atoms with Crippen LogP contribution in [0.2, 0.25) is 5.02 Å². The van der Waals surface area contributed by atoms with Crippen molar-refractivity contribution in [1.29, 1.82) is 0 Å². The molecule has 10 heteroatoms. The molecule has 2 heterocycles. The molecule has 0 aromatic carbocycles. The maximum Gasteiger partial charge on any atom is 0.417 e. The fourth-order valence-corrected chi connectivity index (χ4v) is 3.49. The Morgan fingerprint density at radius 1 is 1.24 bits per heavy atom. The summed E-state index contributed by atoms with van der Waals surface area (Å²) in [5.41, 5.74) is 0.151. The number of nitrogens with zero attached hydrogens (tertiary/aromatic N) is 2. The lowest BCUT2D eigenvalue weighted by atomic mass is 10.1. The summed E-state index contributed by atoms with van der Waals surface area (Å²) in [5, 5.41) is 2.84. The molecule has 0 spiro atoms. The zero-order valence-corrected chi connectivity index (χ0v) is 17.3. The summed E-state index contributed by atoms with van der Waals surface area (Å²) in [6.45, 7) is 3.44. The third-order valence-corrected chi connectivity index (χ3v) is 5.28. The molecule has 1 N–H and O–H groups in total. The molecule has 0 saturated carbocycles. The quantitative estimate of drug-likeness (QED) is 0.327. The van der Waals surface area contributed by atoms with Crippen molar-refractivity contribution in [3.8, 4) is 0 Å². The number of alkyl halides is 3. The van der Waals surface area contributed by atoms with Crippen molar-refractivity contribution < 1.29 is 22.8 Å². The van der Waals surface area contributed by atoms with Crippen LogP contribution < -0.4 is 5.32 Å². The Kier molecular flexibility index (Phi) is 8.04. The summed E-state index contributed by atoms with van der Waals surface area (Å²) < 4.78 is 37.9. The van der Waals surface area contributed by atoms with Gasteiger partial charge in [-0.05, 0) is 37.3 Å². The van der Waals surface area contributed by atoms with Gasteiger partial charge in [-0.1, -0.05) is 18.5 Å². The lowest BCUT2D eigenvalue weighted by molar-refractivity contribution is -0.137. The van der Waals surface area contributed by atoms with Gasteiger partial charge in [0.1, 0.15) is 10.8 Å². The normalized spacial score (nSPS) is 11.4. The Bertz CT molecular complexity index is 907. The highest BCUT2D eigenvalue weighted by Crippen LogP contribution is 2.33. The molecule has 0 aliphatic heterocycles. The number of carbonyl (C=O) groups is 2. The second-order valence-electron chi connectivity index (χ2n) is 6.17. The zero-order chi connectivity index (χ0) is 21.6. The summed E-state index contributed by atoms with van der Waals surface area (Å²) >= 11 is 7.06. The highest BCUT2D eigenvalue weighted by atomic mass is 35.5. The SMILES string of the molecule is CCC(=O)Nc1cc(C(=O)CCCSc2ncc(C(F)(F)F)cc2Cl)cc(C)n1. The van der Waals surface area contributed by atoms with Crippen LogP contribution in [0, 0.1) is 6.92 Å². The van der Waals surface area contributed by atoms with Crippen molar-refractivity contribution in [2.45, 2.75) is 44.3 Å². The van der Waals surface area contributed by atoms with Crippen molar-refractivity contribution in [3.63, 3.8) is 0 Å². The number of anilines is 1. The number of Topliss-reactive ketones (excluding diaryl/α,β-unsaturated/α-hetero) is 1. The van der Waals surface area contributed by atoms with Crippen LogP contribution in [0.3, 0.4) is 0 Å². The number of aryl methyl sites for hydroxylation is 1. The number of pyridine rings is 2. The number of rotatable bonds is 8. The second kappa shape index (κ2) is 10.1. The van der Waals surface area contributed by atoms with Crippen molar-refractivity contribution in [1.82, 2.24) is 9.97 Å². The number of carbonyl (C=O) groups excluding carboxylic acids is 2. The first-order valence-electron chi connectivity index (χ1n) is 8.77. The molecule has 156 valence electrons. The van der Waals surface area contributed by atoms with Gasteiger partial charge in [-0.15, -0.1) is 11.8 Å². The fraction of sp³-hybridized carbons (Fsp3) is 0.368. The van der Waals surface area contributed by atoms with Gasteiger partial charge in [-0.25, -0.2) is 9.97 Å². The van der Waals surface area contributed by atoms with Gasteiger partial charge < -0.3 is 5.32 Å². The molecule has 1 amide bonds. The lowest BCUT2D eigenvalue weighted by Gasteiger charge is -2.09. The summed E-state index contributed by atoms with van der Waals surface area (Å²) in [4.78, 5) is 31.9. The molecule has 0 bridgehead atoms. The molecule has 2 aromatic rings. The van der Waals surface area contributed by atoms with E-state index in [4.69, 9.17) is 11.6 Å². The van der Waals surface area contributed by atoms with E-state index in [-0.39, 0.29) is 28.2 Å². The molecule has 5 nitrogen and oxygen atoms in total. The number of amides is 1. The molecular weight excluding hydrogens is 427 g/mol. The molecule has 0 saturated heterocycles. The molecule has 0 aliphatic carbocycles. The largest absolute Gasteiger partial charge is 0.417 e. The smallest absolute Gasteiger partial charge is 0.311 e. The topological polar surface area (TPSA) is 72.0 Å². The van der Waals surface area contributed by atoms with Crippen molar-refractivity contribution in [3.05, 3.63) is 46.2 Å². The molecular formula is C19H19ClF3N3O2S. The molecule has 0 atom stereocenters. The van der Waals surface area contributed by atoms with Gasteiger partial charge in [-0.2, -0.15) is 13.2 Å². The molecule has 0 fully saturated rings. The fourth-order valence-electron chi connectivity index (χ4n) is 2.36. The van der Waals surface area contributed by atoms with Gasteiger partial charge >= 0.3 is 6.18 Å². The summed E-state index contributed by atoms with van der Waals surface area (Å²) in [6, 6.07) is 4.02. The predicted octanol–water partition coefficient (Wildman–Crippen LogP) is 5.56. The first-order chi connectivity index (χ1) is 13.6. The highest BCUT2D eigenvalue weighted by molar-refractivity contribution is 7.99. The van der Waals surface area contributed by atoms with E-state index in [9.17, 15) is 22.8 Å². The van der Waals surface area contributed by atoms with Gasteiger partial charge in [0.15, 0.2) is 5.78 Å². The van der Waals surface area contributed by atoms with Crippen LogP contribution in [-0.4, -0.2) is 27.4 Å². The Balaban J connectivity index is 1.91. The van der Waals surface area contributed by atoms with Gasteiger partial charge in [0, 0.05) is 30.3 Å². The number of aromatic nitrogens is 2. The third kappa shape index (κ3) is 7.01. The third-order valence-electron chi connectivity index (χ3n) is 3.79. The van der Waals surface area contributed by atoms with Gasteiger partial charge in [0.25, 0.3) is 0 Å². The minimum Gasteiger partial charge on any atom is -0.311 e. The van der Waals surface area contributed by atoms with Crippen LogP contribution in [0.4, 0.5) is 19.0 Å². The van der Waals surface area contributed by atoms with Crippen LogP contribution in [0.1, 0.15) is 47.8 Å². The lowest BCUT2D eigenvalue weighted by Crippen LogP contribution is -2.12. The van der Waals surface area contributed by atoms with Gasteiger partial charge in [-0.3, -0.25) is 9.59 Å². The number of halogens is 4. The molecule has 2 aromatic heterocycles. The number of nitrogens with one attached hydrogen (secondary N) is 1. The maximum absolute atomic E-state index is 12.6. The highest BCUT2D eigenvalue weighted by Gasteiger charge is 2.31. The predicted molar refractivity (Wildman–Crippen MR) is 106 cm³/mol. The minimum atomic E-state index is -4.50. The van der Waals surface area contributed by atoms with Gasteiger partial charge in [0.05, 0.1) is 10.6 Å². The van der Waals surface area contributed by atoms with Crippen molar-refractivity contribution in [2.24, 2.45) is 0 Å². The van der Waals surface area contributed by atoms with Crippen LogP contribution >= 0.6 is 23.4 Å². The van der Waals surface area contributed by atoms with Crippen LogP contribution in [-0.2, 0) is 11.0 Å². The molecule has 0 aliphatic rings. The van der Waals surface area contributed by atoms with E-state index in [2.05, 4.69) is 15.3 Å². The Hall–Kier alpha value is -2.13. The summed E-state index contributed by atoms with van der Waals surface area (Å²) in [6.07, 6.45) is -2.73. The minimum absolute atomic E-state index is 0.0720. The first-order valence-corrected chi connectivity index (χ1v) is 10.1. The molecule has 0 radical (unpaired) electrons. The molecule has 2 rings (SSSR count). The first kappa shape index (κ1) is 23.2. The van der Waals surface area contributed by atoms with E-state index >= 15 is 0 Å². The summed E-state index contributed by atoms with van der Waals surface area (Å²) in [5.74, 6) is 0.483. The number of thioether (sulfide) groups is 1. The Morgan fingerprint density at radius 2 is 1.97 bits per heavy atom. The second-order valence-corrected chi connectivity index (χ2v) is 7.66. The molecule has 29 heavy (non-hydrogen) atoms. The van der Waals surface area contributed by atoms with E-state index in [1.165, 1.54) is 17.8 Å². The molecule has 0 unspecified atom stereocenters. The van der Waals surface area contributed by atoms with Gasteiger partial charge in [0.2, 0.25) is 5.91 Å². The van der Waals surface area contributed by atoms with E-state index in [1.807, 2.05) is 0 Å². The van der Waals surface area contributed by atoms with E-state index < -0.39 is 11.7 Å². The Morgan fingerprint density at radius 3 is 2.59 bits per heavy atom. The van der Waals surface area contributed by atoms with E-state index in [0.717, 1.165) is 12.3 Å². The van der Waals surface area contributed by atoms with Crippen molar-refractivity contribution >= 4 is 40.9 Å². The van der Waals surface area contributed by atoms with Crippen LogP contribution in [0.5, 0.6) is 0 Å². The monoisotopic (exact) mass is 445 g/mol. The number of ketones is 1.